The van der Waals surface area contributed by atoms with Crippen molar-refractivity contribution in [2.75, 3.05) is 0 Å². The van der Waals surface area contributed by atoms with E-state index in [2.05, 4.69) is 5.43 Å². The molecule has 3 amide bonds. The van der Waals surface area contributed by atoms with Crippen LogP contribution in [0.15, 0.2) is 48.6 Å². The van der Waals surface area contributed by atoms with Gasteiger partial charge in [0.05, 0.1) is 12.1 Å². The second-order valence-electron chi connectivity index (χ2n) is 8.87. The summed E-state index contributed by atoms with van der Waals surface area (Å²) in [6, 6.07) is 5.17. The number of hydrogen-bond donors (Lipinski definition) is 9. The minimum absolute atomic E-state index is 0.305. The third-order valence-electron chi connectivity index (χ3n) is 6.01. The van der Waals surface area contributed by atoms with Gasteiger partial charge in [0.1, 0.15) is 5.60 Å². The molecule has 3 rings (SSSR count). The number of aliphatic hydroxyl groups excluding tert-OH is 1. The van der Waals surface area contributed by atoms with Crippen LogP contribution >= 0.6 is 0 Å². The number of hydrogen-bond acceptors (Lipinski definition) is 11. The minimum atomic E-state index is -2.10. The molecule has 1 saturated carbocycles. The van der Waals surface area contributed by atoms with Crippen molar-refractivity contribution >= 4 is 29.9 Å². The molecule has 11 N–H and O–H groups in total. The van der Waals surface area contributed by atoms with Crippen LogP contribution in [0.1, 0.15) is 24.0 Å². The van der Waals surface area contributed by atoms with Crippen LogP contribution in [0.5, 0.6) is 23.0 Å². The number of amides is 3. The third-order valence-corrected chi connectivity index (χ3v) is 6.01. The van der Waals surface area contributed by atoms with Crippen LogP contribution in [0.2, 0.25) is 0 Å². The molecule has 1 aliphatic carbocycles. The Labute approximate surface area is 216 Å². The lowest BCUT2D eigenvalue weighted by Gasteiger charge is -2.42. The largest absolute Gasteiger partial charge is 0.504 e. The van der Waals surface area contributed by atoms with E-state index in [-0.39, 0.29) is 17.9 Å². The first-order valence-corrected chi connectivity index (χ1v) is 11.3. The Morgan fingerprint density at radius 3 is 1.76 bits per heavy atom. The van der Waals surface area contributed by atoms with E-state index >= 15 is 0 Å². The zero-order valence-corrected chi connectivity index (χ0v) is 19.9. The summed E-state index contributed by atoms with van der Waals surface area (Å²) in [7, 11) is 0. The molecular formula is C25H28N4O9. The van der Waals surface area contributed by atoms with Gasteiger partial charge in [-0.15, -0.1) is 0 Å². The molecule has 4 atom stereocenters. The van der Waals surface area contributed by atoms with Crippen LogP contribution in [-0.2, 0) is 14.4 Å². The molecule has 202 valence electrons. The molecule has 1 aliphatic rings. The molecule has 13 heteroatoms. The molecule has 0 saturated heterocycles. The fraction of sp³-hybridized carbons (Fsp3) is 0.240. The average Bonchev–Trinajstić information content (AvgIpc) is 2.86. The molecule has 0 aromatic heterocycles. The normalized spacial score (nSPS) is 23.5. The maximum Gasteiger partial charge on any atom is 0.268 e. The molecule has 0 radical (unpaired) electrons. The number of nitrogens with two attached hydrogens (primary N) is 2. The maximum atomic E-state index is 13.0. The van der Waals surface area contributed by atoms with Gasteiger partial charge < -0.3 is 42.1 Å². The quantitative estimate of drug-likeness (QED) is 0.122. The van der Waals surface area contributed by atoms with E-state index in [9.17, 15) is 45.0 Å². The van der Waals surface area contributed by atoms with E-state index < -0.39 is 59.4 Å². The lowest BCUT2D eigenvalue weighted by molar-refractivity contribution is -0.151. The van der Waals surface area contributed by atoms with Crippen molar-refractivity contribution in [1.82, 2.24) is 10.4 Å². The minimum Gasteiger partial charge on any atom is -0.504 e. The third kappa shape index (κ3) is 6.46. The highest BCUT2D eigenvalue weighted by Gasteiger charge is 2.48. The van der Waals surface area contributed by atoms with Crippen molar-refractivity contribution in [1.29, 1.82) is 0 Å². The number of benzene rings is 2. The summed E-state index contributed by atoms with van der Waals surface area (Å²) in [5.41, 5.74) is 12.2. The van der Waals surface area contributed by atoms with Crippen molar-refractivity contribution in [2.45, 2.75) is 36.6 Å². The fourth-order valence-electron chi connectivity index (χ4n) is 3.87. The number of phenolic OH excluding ortho intramolecular Hbond substituents is 4. The second-order valence-corrected chi connectivity index (χ2v) is 8.87. The Morgan fingerprint density at radius 2 is 1.34 bits per heavy atom. The Bertz CT molecular complexity index is 1220. The topological polar surface area (TPSA) is 240 Å². The van der Waals surface area contributed by atoms with Crippen LogP contribution < -0.4 is 16.9 Å². The molecule has 2 aromatic carbocycles. The van der Waals surface area contributed by atoms with Gasteiger partial charge in [-0.05, 0) is 47.5 Å². The number of rotatable bonds is 7. The highest BCUT2D eigenvalue weighted by atomic mass is 16.3. The van der Waals surface area contributed by atoms with Gasteiger partial charge in [-0.1, -0.05) is 12.1 Å². The van der Waals surface area contributed by atoms with Gasteiger partial charge in [-0.2, -0.15) is 0 Å². The predicted molar refractivity (Wildman–Crippen MR) is 134 cm³/mol. The van der Waals surface area contributed by atoms with E-state index in [0.29, 0.717) is 16.1 Å². The van der Waals surface area contributed by atoms with E-state index in [1.54, 1.807) is 0 Å². The number of aliphatic hydroxyl groups is 2. The van der Waals surface area contributed by atoms with Gasteiger partial charge in [-0.3, -0.25) is 14.4 Å². The molecule has 1 fully saturated rings. The maximum absolute atomic E-state index is 13.0. The summed E-state index contributed by atoms with van der Waals surface area (Å²) in [5, 5.41) is 59.9. The fourth-order valence-corrected chi connectivity index (χ4v) is 3.87. The lowest BCUT2D eigenvalue weighted by atomic mass is 9.77. The monoisotopic (exact) mass is 528 g/mol. The van der Waals surface area contributed by atoms with E-state index in [1.807, 2.05) is 0 Å². The second kappa shape index (κ2) is 11.3. The van der Waals surface area contributed by atoms with Crippen LogP contribution in [0.25, 0.3) is 12.2 Å². The highest BCUT2D eigenvalue weighted by molar-refractivity contribution is 6.07. The number of phenols is 4. The standard InChI is InChI=1S/C25H28N4O9/c26-15-11-25(38,24(27)37)12-16(23(15)36)28-29(21(34)7-3-13-1-5-17(30)19(32)9-13)22(35)8-4-14-2-6-18(31)20(33)10-14/h1-10,15-16,23,28,30-33,36,38H,11-12,26H2,(H2,27,37)/b7-3+,8-4+. The van der Waals surface area contributed by atoms with Gasteiger partial charge in [0, 0.05) is 31.0 Å². The number of carbonyl (C=O) groups is 3. The number of aromatic hydroxyl groups is 4. The predicted octanol–water partition coefficient (Wildman–Crippen LogP) is -0.838. The highest BCUT2D eigenvalue weighted by Crippen LogP contribution is 2.29. The number of nitrogens with one attached hydrogen (secondary N) is 1. The van der Waals surface area contributed by atoms with Gasteiger partial charge in [0.25, 0.3) is 11.8 Å². The van der Waals surface area contributed by atoms with Crippen molar-refractivity contribution in [2.24, 2.45) is 11.5 Å². The van der Waals surface area contributed by atoms with Crippen LogP contribution in [0, 0.1) is 0 Å². The molecule has 0 spiro atoms. The molecule has 0 bridgehead atoms. The number of carbonyl (C=O) groups excluding carboxylic acids is 3. The summed E-state index contributed by atoms with van der Waals surface area (Å²) < 4.78 is 0. The molecule has 38 heavy (non-hydrogen) atoms. The Kier molecular flexibility index (Phi) is 8.38. The Morgan fingerprint density at radius 1 is 0.868 bits per heavy atom. The van der Waals surface area contributed by atoms with Gasteiger partial charge in [-0.25, -0.2) is 10.4 Å². The first-order valence-electron chi connectivity index (χ1n) is 11.3. The molecule has 0 heterocycles. The van der Waals surface area contributed by atoms with Gasteiger partial charge in [0.2, 0.25) is 5.91 Å². The van der Waals surface area contributed by atoms with E-state index in [4.69, 9.17) is 11.5 Å². The van der Waals surface area contributed by atoms with Crippen molar-refractivity contribution in [3.05, 3.63) is 59.7 Å². The summed E-state index contributed by atoms with van der Waals surface area (Å²) >= 11 is 0. The number of hydrazine groups is 1. The number of primary amides is 1. The molecule has 13 nitrogen and oxygen atoms in total. The van der Waals surface area contributed by atoms with Crippen molar-refractivity contribution in [3.8, 4) is 23.0 Å². The van der Waals surface area contributed by atoms with E-state index in [0.717, 1.165) is 12.2 Å². The average molecular weight is 529 g/mol. The first kappa shape index (κ1) is 28.1. The van der Waals surface area contributed by atoms with Crippen molar-refractivity contribution < 1.29 is 45.0 Å². The summed E-state index contributed by atoms with van der Waals surface area (Å²) in [6.45, 7) is 0. The van der Waals surface area contributed by atoms with Crippen LogP contribution in [-0.4, -0.2) is 77.2 Å². The lowest BCUT2D eigenvalue weighted by Crippen LogP contribution is -2.66. The van der Waals surface area contributed by atoms with Gasteiger partial charge in [0.15, 0.2) is 23.0 Å². The first-order chi connectivity index (χ1) is 17.8. The SMILES string of the molecule is NC(=O)C1(O)CC(N)C(O)C(NN(C(=O)/C=C/c2ccc(O)c(O)c2)C(=O)/C=C/c2ccc(O)c(O)c2)C1. The zero-order chi connectivity index (χ0) is 28.2. The molecule has 0 aliphatic heterocycles. The molecule has 4 unspecified atom stereocenters. The Hall–Kier alpha value is -4.43. The zero-order valence-electron chi connectivity index (χ0n) is 19.9. The number of imide groups is 1. The van der Waals surface area contributed by atoms with Crippen LogP contribution in [0.4, 0.5) is 0 Å². The van der Waals surface area contributed by atoms with Gasteiger partial charge >= 0.3 is 0 Å². The van der Waals surface area contributed by atoms with Crippen LogP contribution in [0.3, 0.4) is 0 Å². The molecular weight excluding hydrogens is 500 g/mol. The summed E-state index contributed by atoms with van der Waals surface area (Å²) in [6.07, 6.45) is 2.24. The van der Waals surface area contributed by atoms with Crippen molar-refractivity contribution in [3.63, 3.8) is 0 Å². The summed E-state index contributed by atoms with van der Waals surface area (Å²) in [5.74, 6) is -4.60. The Balaban J connectivity index is 1.90. The number of nitrogens with zero attached hydrogens (tertiary/aromatic N) is 1. The molecule has 2 aromatic rings. The smallest absolute Gasteiger partial charge is 0.268 e. The van der Waals surface area contributed by atoms with E-state index in [1.165, 1.54) is 48.6 Å². The summed E-state index contributed by atoms with van der Waals surface area (Å²) in [4.78, 5) is 37.9.